The van der Waals surface area contributed by atoms with Crippen LogP contribution in [-0.2, 0) is 4.74 Å². The summed E-state index contributed by atoms with van der Waals surface area (Å²) in [5.41, 5.74) is 0. The minimum atomic E-state index is 0.607. The lowest BCUT2D eigenvalue weighted by Gasteiger charge is -2.17. The molecule has 2 saturated heterocycles. The molecule has 3 heteroatoms. The van der Waals surface area contributed by atoms with E-state index in [0.717, 1.165) is 18.4 Å². The van der Waals surface area contributed by atoms with Crippen LogP contribution in [0.15, 0.2) is 0 Å². The molecule has 2 fully saturated rings. The van der Waals surface area contributed by atoms with E-state index in [1.807, 2.05) is 0 Å². The molecule has 0 spiro atoms. The van der Waals surface area contributed by atoms with Gasteiger partial charge in [0, 0.05) is 19.7 Å². The fourth-order valence-electron chi connectivity index (χ4n) is 2.89. The SMILES string of the molecule is COCC1CC(C2CCN(C)C2)CN1. The fraction of sp³-hybridized carbons (Fsp3) is 1.00. The lowest BCUT2D eigenvalue weighted by atomic mass is 9.89. The highest BCUT2D eigenvalue weighted by atomic mass is 16.5. The van der Waals surface area contributed by atoms with Crippen LogP contribution in [0.25, 0.3) is 0 Å². The summed E-state index contributed by atoms with van der Waals surface area (Å²) >= 11 is 0. The van der Waals surface area contributed by atoms with E-state index in [2.05, 4.69) is 17.3 Å². The van der Waals surface area contributed by atoms with Gasteiger partial charge in [0.2, 0.25) is 0 Å². The number of methoxy groups -OCH3 is 1. The van der Waals surface area contributed by atoms with Crippen molar-refractivity contribution in [3.8, 4) is 0 Å². The van der Waals surface area contributed by atoms with Gasteiger partial charge in [0.25, 0.3) is 0 Å². The predicted molar refractivity (Wildman–Crippen MR) is 57.4 cm³/mol. The number of likely N-dealkylation sites (tertiary alicyclic amines) is 1. The van der Waals surface area contributed by atoms with E-state index in [4.69, 9.17) is 4.74 Å². The number of nitrogens with one attached hydrogen (secondary N) is 1. The molecule has 0 saturated carbocycles. The van der Waals surface area contributed by atoms with Gasteiger partial charge in [-0.2, -0.15) is 0 Å². The number of ether oxygens (including phenoxy) is 1. The van der Waals surface area contributed by atoms with Gasteiger partial charge in [-0.25, -0.2) is 0 Å². The summed E-state index contributed by atoms with van der Waals surface area (Å²) in [5.74, 6) is 1.81. The monoisotopic (exact) mass is 198 g/mol. The summed E-state index contributed by atoms with van der Waals surface area (Å²) in [4.78, 5) is 2.45. The van der Waals surface area contributed by atoms with Gasteiger partial charge >= 0.3 is 0 Å². The Balaban J connectivity index is 1.78. The summed E-state index contributed by atoms with van der Waals surface area (Å²) in [5, 5.41) is 3.56. The first-order valence-corrected chi connectivity index (χ1v) is 5.70. The zero-order chi connectivity index (χ0) is 9.97. The van der Waals surface area contributed by atoms with Crippen LogP contribution < -0.4 is 5.32 Å². The quantitative estimate of drug-likeness (QED) is 0.717. The lowest BCUT2D eigenvalue weighted by Crippen LogP contribution is -2.26. The van der Waals surface area contributed by atoms with Crippen molar-refractivity contribution in [3.05, 3.63) is 0 Å². The summed E-state index contributed by atoms with van der Waals surface area (Å²) in [6.07, 6.45) is 2.70. The van der Waals surface area contributed by atoms with Crippen molar-refractivity contribution >= 4 is 0 Å². The Morgan fingerprint density at radius 2 is 2.29 bits per heavy atom. The number of hydrogen-bond acceptors (Lipinski definition) is 3. The van der Waals surface area contributed by atoms with Gasteiger partial charge in [-0.05, 0) is 44.8 Å². The zero-order valence-corrected chi connectivity index (χ0v) is 9.33. The first kappa shape index (κ1) is 10.4. The van der Waals surface area contributed by atoms with Gasteiger partial charge in [-0.15, -0.1) is 0 Å². The van der Waals surface area contributed by atoms with Crippen molar-refractivity contribution < 1.29 is 4.74 Å². The Hall–Kier alpha value is -0.120. The third-order valence-electron chi connectivity index (χ3n) is 3.72. The second-order valence-corrected chi connectivity index (χ2v) is 4.87. The van der Waals surface area contributed by atoms with Crippen molar-refractivity contribution in [2.24, 2.45) is 11.8 Å². The predicted octanol–water partition coefficient (Wildman–Crippen LogP) is 0.563. The van der Waals surface area contributed by atoms with E-state index in [0.29, 0.717) is 6.04 Å². The summed E-state index contributed by atoms with van der Waals surface area (Å²) in [7, 11) is 4.02. The van der Waals surface area contributed by atoms with Gasteiger partial charge < -0.3 is 15.0 Å². The van der Waals surface area contributed by atoms with Crippen LogP contribution in [0.4, 0.5) is 0 Å². The molecule has 3 unspecified atom stereocenters. The van der Waals surface area contributed by atoms with Gasteiger partial charge in [-0.3, -0.25) is 0 Å². The van der Waals surface area contributed by atoms with E-state index in [1.165, 1.54) is 32.5 Å². The third-order valence-corrected chi connectivity index (χ3v) is 3.72. The molecule has 3 atom stereocenters. The maximum atomic E-state index is 5.18. The molecule has 14 heavy (non-hydrogen) atoms. The van der Waals surface area contributed by atoms with Gasteiger partial charge in [0.1, 0.15) is 0 Å². The van der Waals surface area contributed by atoms with Gasteiger partial charge in [-0.1, -0.05) is 0 Å². The van der Waals surface area contributed by atoms with Crippen molar-refractivity contribution in [2.45, 2.75) is 18.9 Å². The average molecular weight is 198 g/mol. The van der Waals surface area contributed by atoms with E-state index in [9.17, 15) is 0 Å². The molecule has 0 aromatic heterocycles. The smallest absolute Gasteiger partial charge is 0.0615 e. The van der Waals surface area contributed by atoms with Crippen LogP contribution in [0.1, 0.15) is 12.8 Å². The highest BCUT2D eigenvalue weighted by molar-refractivity contribution is 4.88. The highest BCUT2D eigenvalue weighted by Crippen LogP contribution is 2.29. The second-order valence-electron chi connectivity index (χ2n) is 4.87. The Labute approximate surface area is 86.8 Å². The standard InChI is InChI=1S/C11H22N2O/c1-13-4-3-9(7-13)10-5-11(8-14-2)12-6-10/h9-12H,3-8H2,1-2H3. The molecular weight excluding hydrogens is 176 g/mol. The molecule has 2 rings (SSSR count). The molecule has 3 nitrogen and oxygen atoms in total. The summed E-state index contributed by atoms with van der Waals surface area (Å²) < 4.78 is 5.18. The molecule has 2 aliphatic rings. The average Bonchev–Trinajstić information content (AvgIpc) is 2.74. The Morgan fingerprint density at radius 3 is 2.93 bits per heavy atom. The summed E-state index contributed by atoms with van der Waals surface area (Å²) in [6, 6.07) is 0.607. The van der Waals surface area contributed by atoms with Crippen LogP contribution in [0.5, 0.6) is 0 Å². The van der Waals surface area contributed by atoms with E-state index in [1.54, 1.807) is 7.11 Å². The molecule has 0 amide bonds. The number of nitrogens with zero attached hydrogens (tertiary/aromatic N) is 1. The Bertz CT molecular complexity index is 186. The maximum Gasteiger partial charge on any atom is 0.0615 e. The van der Waals surface area contributed by atoms with Crippen LogP contribution in [0, 0.1) is 11.8 Å². The molecule has 2 aliphatic heterocycles. The zero-order valence-electron chi connectivity index (χ0n) is 9.33. The number of rotatable bonds is 3. The largest absolute Gasteiger partial charge is 0.383 e. The second kappa shape index (κ2) is 4.60. The topological polar surface area (TPSA) is 24.5 Å². The van der Waals surface area contributed by atoms with Crippen LogP contribution >= 0.6 is 0 Å². The fourth-order valence-corrected chi connectivity index (χ4v) is 2.89. The molecule has 82 valence electrons. The molecule has 0 radical (unpaired) electrons. The molecule has 2 heterocycles. The van der Waals surface area contributed by atoms with Crippen LogP contribution in [0.3, 0.4) is 0 Å². The van der Waals surface area contributed by atoms with Crippen molar-refractivity contribution in [2.75, 3.05) is 40.4 Å². The van der Waals surface area contributed by atoms with Gasteiger partial charge in [0.15, 0.2) is 0 Å². The first-order valence-electron chi connectivity index (χ1n) is 5.70. The lowest BCUT2D eigenvalue weighted by molar-refractivity contribution is 0.170. The van der Waals surface area contributed by atoms with E-state index in [-0.39, 0.29) is 0 Å². The van der Waals surface area contributed by atoms with E-state index >= 15 is 0 Å². The summed E-state index contributed by atoms with van der Waals surface area (Å²) in [6.45, 7) is 4.66. The van der Waals surface area contributed by atoms with Crippen molar-refractivity contribution in [3.63, 3.8) is 0 Å². The van der Waals surface area contributed by atoms with Gasteiger partial charge in [0.05, 0.1) is 6.61 Å². The molecule has 0 aliphatic carbocycles. The first-order chi connectivity index (χ1) is 6.79. The molecular formula is C11H22N2O. The normalized spacial score (nSPS) is 39.4. The third kappa shape index (κ3) is 2.27. The van der Waals surface area contributed by atoms with Crippen molar-refractivity contribution in [1.29, 1.82) is 0 Å². The number of hydrogen-bond donors (Lipinski definition) is 1. The molecule has 0 aromatic rings. The maximum absolute atomic E-state index is 5.18. The van der Waals surface area contributed by atoms with E-state index < -0.39 is 0 Å². The van der Waals surface area contributed by atoms with Crippen LogP contribution in [-0.4, -0.2) is 51.3 Å². The highest BCUT2D eigenvalue weighted by Gasteiger charge is 2.33. The Morgan fingerprint density at radius 1 is 1.43 bits per heavy atom. The Kier molecular flexibility index (Phi) is 3.42. The van der Waals surface area contributed by atoms with Crippen LogP contribution in [0.2, 0.25) is 0 Å². The molecule has 0 bridgehead atoms. The minimum absolute atomic E-state index is 0.607. The molecule has 0 aromatic carbocycles. The molecule has 1 N–H and O–H groups in total. The minimum Gasteiger partial charge on any atom is -0.383 e. The van der Waals surface area contributed by atoms with Crippen molar-refractivity contribution in [1.82, 2.24) is 10.2 Å².